The molecule has 0 saturated carbocycles. The van der Waals surface area contributed by atoms with Crippen LogP contribution in [-0.4, -0.2) is 11.2 Å². The van der Waals surface area contributed by atoms with Crippen molar-refractivity contribution in [2.24, 2.45) is 0 Å². The van der Waals surface area contributed by atoms with Gasteiger partial charge in [-0.15, -0.1) is 0 Å². The lowest BCUT2D eigenvalue weighted by molar-refractivity contribution is 0.149. The van der Waals surface area contributed by atoms with Crippen LogP contribution in [0.3, 0.4) is 0 Å². The Balaban J connectivity index is 2.05. The van der Waals surface area contributed by atoms with Gasteiger partial charge < -0.3 is 5.11 Å². The van der Waals surface area contributed by atoms with E-state index in [0.29, 0.717) is 5.92 Å². The molecule has 2 aromatic rings. The highest BCUT2D eigenvalue weighted by Gasteiger charge is 2.38. The van der Waals surface area contributed by atoms with Crippen molar-refractivity contribution in [2.45, 2.75) is 30.8 Å². The molecule has 1 heteroatoms. The zero-order chi connectivity index (χ0) is 12.1. The second-order valence-electron chi connectivity index (χ2n) is 5.43. The summed E-state index contributed by atoms with van der Waals surface area (Å²) in [6.45, 7) is 0. The minimum atomic E-state index is -0.236. The smallest absolute Gasteiger partial charge is 0.0649 e. The fraction of sp³-hybridized carbons (Fsp3) is 0.294. The van der Waals surface area contributed by atoms with Gasteiger partial charge in [-0.3, -0.25) is 0 Å². The summed E-state index contributed by atoms with van der Waals surface area (Å²) in [5.41, 5.74) is 5.54. The molecule has 3 aliphatic rings. The SMILES string of the molecule is OC1CCC2c3ccccc3C1c1ccccc12. The predicted molar refractivity (Wildman–Crippen MR) is 71.8 cm³/mol. The third kappa shape index (κ3) is 1.25. The van der Waals surface area contributed by atoms with Crippen molar-refractivity contribution in [2.75, 3.05) is 0 Å². The van der Waals surface area contributed by atoms with Crippen molar-refractivity contribution in [3.05, 3.63) is 70.8 Å². The van der Waals surface area contributed by atoms with Gasteiger partial charge in [-0.25, -0.2) is 0 Å². The van der Waals surface area contributed by atoms with Crippen molar-refractivity contribution < 1.29 is 5.11 Å². The highest BCUT2D eigenvalue weighted by atomic mass is 16.3. The molecule has 0 saturated heterocycles. The maximum absolute atomic E-state index is 10.5. The first-order valence-corrected chi connectivity index (χ1v) is 6.72. The molecule has 0 aromatic heterocycles. The fourth-order valence-corrected chi connectivity index (χ4v) is 3.79. The molecule has 1 atom stereocenters. The molecule has 0 radical (unpaired) electrons. The number of aliphatic hydroxyl groups excluding tert-OH is 1. The van der Waals surface area contributed by atoms with Gasteiger partial charge in [0.25, 0.3) is 0 Å². The van der Waals surface area contributed by atoms with Crippen LogP contribution in [0.2, 0.25) is 0 Å². The summed E-state index contributed by atoms with van der Waals surface area (Å²) in [6.07, 6.45) is 1.73. The summed E-state index contributed by atoms with van der Waals surface area (Å²) >= 11 is 0. The van der Waals surface area contributed by atoms with E-state index in [4.69, 9.17) is 0 Å². The third-order valence-corrected chi connectivity index (χ3v) is 4.55. The van der Waals surface area contributed by atoms with E-state index in [2.05, 4.69) is 48.5 Å². The van der Waals surface area contributed by atoms with Gasteiger partial charge >= 0.3 is 0 Å². The van der Waals surface area contributed by atoms with Crippen LogP contribution < -0.4 is 0 Å². The largest absolute Gasteiger partial charge is 0.392 e. The number of rotatable bonds is 0. The molecule has 5 rings (SSSR count). The average Bonchev–Trinajstić information content (AvgIpc) is 2.65. The summed E-state index contributed by atoms with van der Waals surface area (Å²) in [5, 5.41) is 10.5. The summed E-state index contributed by atoms with van der Waals surface area (Å²) in [7, 11) is 0. The maximum atomic E-state index is 10.5. The summed E-state index contributed by atoms with van der Waals surface area (Å²) in [5.74, 6) is 0.655. The van der Waals surface area contributed by atoms with Crippen LogP contribution in [0, 0.1) is 0 Å². The predicted octanol–water partition coefficient (Wildman–Crippen LogP) is 3.42. The average molecular weight is 236 g/mol. The van der Waals surface area contributed by atoms with Crippen LogP contribution in [0.4, 0.5) is 0 Å². The number of benzene rings is 2. The highest BCUT2D eigenvalue weighted by Crippen LogP contribution is 2.50. The van der Waals surface area contributed by atoms with Crippen LogP contribution in [-0.2, 0) is 0 Å². The van der Waals surface area contributed by atoms with Gasteiger partial charge in [0.1, 0.15) is 0 Å². The summed E-state index contributed by atoms with van der Waals surface area (Å²) in [4.78, 5) is 0. The van der Waals surface area contributed by atoms with Crippen LogP contribution in [0.25, 0.3) is 0 Å². The Bertz CT molecular complexity index is 555. The lowest BCUT2D eigenvalue weighted by atomic mass is 9.73. The zero-order valence-electron chi connectivity index (χ0n) is 10.2. The van der Waals surface area contributed by atoms with Crippen molar-refractivity contribution >= 4 is 0 Å². The quantitative estimate of drug-likeness (QED) is 0.743. The minimum absolute atomic E-state index is 0.177. The molecule has 0 aliphatic heterocycles. The van der Waals surface area contributed by atoms with Gasteiger partial charge in [-0.1, -0.05) is 48.5 Å². The van der Waals surface area contributed by atoms with Gasteiger partial charge in [-0.2, -0.15) is 0 Å². The Kier molecular flexibility index (Phi) is 2.12. The van der Waals surface area contributed by atoms with E-state index in [-0.39, 0.29) is 12.0 Å². The van der Waals surface area contributed by atoms with E-state index in [1.54, 1.807) is 0 Å². The second-order valence-corrected chi connectivity index (χ2v) is 5.43. The van der Waals surface area contributed by atoms with E-state index in [1.165, 1.54) is 22.3 Å². The van der Waals surface area contributed by atoms with Gasteiger partial charge in [-0.05, 0) is 35.1 Å². The van der Waals surface area contributed by atoms with Crippen LogP contribution in [0.5, 0.6) is 0 Å². The molecule has 0 spiro atoms. The number of hydrogen-bond acceptors (Lipinski definition) is 1. The molecule has 1 unspecified atom stereocenters. The molecule has 0 amide bonds. The van der Waals surface area contributed by atoms with Crippen LogP contribution >= 0.6 is 0 Å². The van der Waals surface area contributed by atoms with Crippen LogP contribution in [0.15, 0.2) is 48.5 Å². The lowest BCUT2D eigenvalue weighted by Crippen LogP contribution is -2.21. The third-order valence-electron chi connectivity index (χ3n) is 4.55. The Morgan fingerprint density at radius 1 is 0.722 bits per heavy atom. The zero-order valence-corrected chi connectivity index (χ0v) is 10.2. The maximum Gasteiger partial charge on any atom is 0.0649 e. The van der Waals surface area contributed by atoms with Gasteiger partial charge in [0, 0.05) is 11.8 Å². The van der Waals surface area contributed by atoms with Crippen molar-refractivity contribution in [3.8, 4) is 0 Å². The molecule has 90 valence electrons. The van der Waals surface area contributed by atoms with Crippen molar-refractivity contribution in [3.63, 3.8) is 0 Å². The summed E-state index contributed by atoms with van der Waals surface area (Å²) in [6, 6.07) is 17.3. The molecule has 2 aromatic carbocycles. The van der Waals surface area contributed by atoms with Crippen molar-refractivity contribution in [1.29, 1.82) is 0 Å². The molecule has 1 N–H and O–H groups in total. The van der Waals surface area contributed by atoms with E-state index in [1.807, 2.05) is 0 Å². The highest BCUT2D eigenvalue weighted by molar-refractivity contribution is 5.54. The molecular weight excluding hydrogens is 220 g/mol. The lowest BCUT2D eigenvalue weighted by Gasteiger charge is -2.31. The Morgan fingerprint density at radius 3 is 1.78 bits per heavy atom. The van der Waals surface area contributed by atoms with Gasteiger partial charge in [0.2, 0.25) is 0 Å². The molecule has 0 fully saturated rings. The Hall–Kier alpha value is -1.60. The van der Waals surface area contributed by atoms with Crippen LogP contribution in [0.1, 0.15) is 46.9 Å². The van der Waals surface area contributed by atoms with E-state index < -0.39 is 0 Å². The Morgan fingerprint density at radius 2 is 1.22 bits per heavy atom. The standard InChI is InChI=1S/C17H16O/c18-16-10-9-13-11-5-1-3-7-14(11)17(16)15-8-4-2-6-12(13)15/h1-8,13,16-18H,9-10H2. The first-order chi connectivity index (χ1) is 8.86. The normalized spacial score (nSPS) is 28.4. The van der Waals surface area contributed by atoms with Gasteiger partial charge in [0.15, 0.2) is 0 Å². The number of hydrogen-bond donors (Lipinski definition) is 1. The first kappa shape index (κ1) is 10.3. The molecular formula is C17H16O. The van der Waals surface area contributed by atoms with E-state index in [0.717, 1.165) is 12.8 Å². The second kappa shape index (κ2) is 3.69. The first-order valence-electron chi connectivity index (χ1n) is 6.72. The fourth-order valence-electron chi connectivity index (χ4n) is 3.79. The number of fused-ring (bicyclic) bond motifs is 2. The number of aliphatic hydroxyl groups is 1. The molecule has 3 aliphatic carbocycles. The Labute approximate surface area is 107 Å². The van der Waals surface area contributed by atoms with E-state index in [9.17, 15) is 5.11 Å². The monoisotopic (exact) mass is 236 g/mol. The molecule has 0 heterocycles. The summed E-state index contributed by atoms with van der Waals surface area (Å²) < 4.78 is 0. The minimum Gasteiger partial charge on any atom is -0.392 e. The molecule has 2 bridgehead atoms. The van der Waals surface area contributed by atoms with Crippen molar-refractivity contribution in [1.82, 2.24) is 0 Å². The molecule has 1 nitrogen and oxygen atoms in total. The molecule has 18 heavy (non-hydrogen) atoms. The topological polar surface area (TPSA) is 20.2 Å². The van der Waals surface area contributed by atoms with Gasteiger partial charge in [0.05, 0.1) is 6.10 Å². The van der Waals surface area contributed by atoms with E-state index >= 15 is 0 Å².